The molecule has 0 radical (unpaired) electrons. The van der Waals surface area contributed by atoms with Gasteiger partial charge in [0.1, 0.15) is 5.78 Å². The molecule has 1 saturated heterocycles. The average Bonchev–Trinajstić information content (AvgIpc) is 2.19. The van der Waals surface area contributed by atoms with E-state index in [-0.39, 0.29) is 0 Å². The lowest BCUT2D eigenvalue weighted by Crippen LogP contribution is -2.41. The zero-order chi connectivity index (χ0) is 9.97. The van der Waals surface area contributed by atoms with Gasteiger partial charge in [-0.05, 0) is 38.8 Å². The van der Waals surface area contributed by atoms with E-state index >= 15 is 0 Å². The number of nitrogens with zero attached hydrogens (tertiary/aromatic N) is 1. The molecule has 1 atom stereocenters. The predicted molar refractivity (Wildman–Crippen MR) is 57.2 cm³/mol. The van der Waals surface area contributed by atoms with E-state index < -0.39 is 0 Å². The number of rotatable bonds is 1. The summed E-state index contributed by atoms with van der Waals surface area (Å²) in [6.45, 7) is 1.81. The van der Waals surface area contributed by atoms with Crippen LogP contribution in [0, 0.1) is 11.8 Å². The van der Waals surface area contributed by atoms with Gasteiger partial charge in [0.05, 0.1) is 6.54 Å². The number of Topliss-reactive ketones (excluding diaryl/α,β-unsaturated/α-hetero) is 1. The molecule has 0 aromatic heterocycles. The molecule has 1 unspecified atom stereocenters. The Morgan fingerprint density at radius 1 is 1.14 bits per heavy atom. The first-order valence-corrected chi connectivity index (χ1v) is 5.98. The number of piperidine rings is 1. The van der Waals surface area contributed by atoms with Crippen molar-refractivity contribution in [2.24, 2.45) is 11.8 Å². The van der Waals surface area contributed by atoms with E-state index in [2.05, 4.69) is 11.9 Å². The summed E-state index contributed by atoms with van der Waals surface area (Å²) in [5, 5.41) is 0. The monoisotopic (exact) mass is 195 g/mol. The third kappa shape index (κ3) is 2.17. The van der Waals surface area contributed by atoms with Crippen LogP contribution >= 0.6 is 0 Å². The van der Waals surface area contributed by atoms with E-state index in [0.29, 0.717) is 18.2 Å². The quantitative estimate of drug-likeness (QED) is 0.638. The van der Waals surface area contributed by atoms with Crippen LogP contribution in [0.25, 0.3) is 0 Å². The highest BCUT2D eigenvalue weighted by Gasteiger charge is 2.32. The molecule has 2 heteroatoms. The Labute approximate surface area is 86.7 Å². The zero-order valence-electron chi connectivity index (χ0n) is 9.17. The van der Waals surface area contributed by atoms with Crippen LogP contribution in [-0.4, -0.2) is 30.8 Å². The first-order chi connectivity index (χ1) is 6.77. The molecule has 1 aliphatic carbocycles. The van der Waals surface area contributed by atoms with Crippen molar-refractivity contribution in [2.75, 3.05) is 20.1 Å². The first kappa shape index (κ1) is 10.2. The van der Waals surface area contributed by atoms with E-state index in [0.717, 1.165) is 18.9 Å². The normalized spacial score (nSPS) is 32.1. The Kier molecular flexibility index (Phi) is 3.22. The minimum Gasteiger partial charge on any atom is -0.299 e. The lowest BCUT2D eigenvalue weighted by atomic mass is 9.75. The van der Waals surface area contributed by atoms with Gasteiger partial charge in [-0.2, -0.15) is 0 Å². The van der Waals surface area contributed by atoms with Gasteiger partial charge >= 0.3 is 0 Å². The van der Waals surface area contributed by atoms with Crippen LogP contribution in [0.4, 0.5) is 0 Å². The van der Waals surface area contributed by atoms with Crippen LogP contribution in [0.5, 0.6) is 0 Å². The zero-order valence-corrected chi connectivity index (χ0v) is 9.17. The maximum atomic E-state index is 11.9. The Morgan fingerprint density at radius 2 is 1.86 bits per heavy atom. The molecule has 0 aromatic carbocycles. The van der Waals surface area contributed by atoms with Crippen molar-refractivity contribution in [3.63, 3.8) is 0 Å². The summed E-state index contributed by atoms with van der Waals surface area (Å²) in [4.78, 5) is 14.0. The molecule has 1 heterocycles. The van der Waals surface area contributed by atoms with Gasteiger partial charge in [-0.3, -0.25) is 9.69 Å². The summed E-state index contributed by atoms with van der Waals surface area (Å²) in [6.07, 6.45) is 7.81. The largest absolute Gasteiger partial charge is 0.299 e. The fourth-order valence-corrected chi connectivity index (χ4v) is 3.02. The molecule has 1 aliphatic heterocycles. The van der Waals surface area contributed by atoms with Crippen molar-refractivity contribution in [1.29, 1.82) is 0 Å². The summed E-state index contributed by atoms with van der Waals surface area (Å²) in [5.74, 6) is 1.64. The Bertz CT molecular complexity index is 208. The van der Waals surface area contributed by atoms with Gasteiger partial charge in [-0.25, -0.2) is 0 Å². The fourth-order valence-electron chi connectivity index (χ4n) is 3.02. The molecular formula is C12H21NO. The number of hydrogen-bond donors (Lipinski definition) is 0. The SMILES string of the molecule is CN1CCC(C2CCCCC2)C(=O)C1. The summed E-state index contributed by atoms with van der Waals surface area (Å²) < 4.78 is 0. The van der Waals surface area contributed by atoms with E-state index in [1.807, 2.05) is 0 Å². The van der Waals surface area contributed by atoms with Crippen molar-refractivity contribution < 1.29 is 4.79 Å². The summed E-state index contributed by atoms with van der Waals surface area (Å²) in [5.41, 5.74) is 0. The van der Waals surface area contributed by atoms with E-state index in [9.17, 15) is 4.79 Å². The van der Waals surface area contributed by atoms with Crippen molar-refractivity contribution in [1.82, 2.24) is 4.90 Å². The standard InChI is InChI=1S/C12H21NO/c1-13-8-7-11(12(14)9-13)10-5-3-2-4-6-10/h10-11H,2-9H2,1H3. The van der Waals surface area contributed by atoms with Gasteiger partial charge in [-0.1, -0.05) is 19.3 Å². The Balaban J connectivity index is 1.92. The molecule has 0 bridgehead atoms. The van der Waals surface area contributed by atoms with E-state index in [1.54, 1.807) is 0 Å². The predicted octanol–water partition coefficient (Wildman–Crippen LogP) is 2.09. The van der Waals surface area contributed by atoms with Crippen molar-refractivity contribution >= 4 is 5.78 Å². The summed E-state index contributed by atoms with van der Waals surface area (Å²) >= 11 is 0. The molecule has 2 aliphatic rings. The van der Waals surface area contributed by atoms with Gasteiger partial charge in [0.15, 0.2) is 0 Å². The van der Waals surface area contributed by atoms with E-state index in [1.165, 1.54) is 32.1 Å². The molecule has 0 aromatic rings. The molecule has 14 heavy (non-hydrogen) atoms. The number of carbonyl (C=O) groups is 1. The molecule has 80 valence electrons. The third-order valence-corrected chi connectivity index (χ3v) is 3.88. The molecular weight excluding hydrogens is 174 g/mol. The molecule has 2 nitrogen and oxygen atoms in total. The second-order valence-corrected chi connectivity index (χ2v) is 5.00. The Morgan fingerprint density at radius 3 is 2.50 bits per heavy atom. The average molecular weight is 195 g/mol. The van der Waals surface area contributed by atoms with Crippen molar-refractivity contribution in [3.05, 3.63) is 0 Å². The van der Waals surface area contributed by atoms with Crippen LogP contribution < -0.4 is 0 Å². The van der Waals surface area contributed by atoms with Crippen molar-refractivity contribution in [2.45, 2.75) is 38.5 Å². The summed E-state index contributed by atoms with van der Waals surface area (Å²) in [6, 6.07) is 0. The van der Waals surface area contributed by atoms with Crippen LogP contribution in [0.2, 0.25) is 0 Å². The molecule has 2 fully saturated rings. The van der Waals surface area contributed by atoms with Crippen molar-refractivity contribution in [3.8, 4) is 0 Å². The van der Waals surface area contributed by atoms with Gasteiger partial charge in [-0.15, -0.1) is 0 Å². The van der Waals surface area contributed by atoms with Gasteiger partial charge < -0.3 is 0 Å². The second kappa shape index (κ2) is 4.43. The van der Waals surface area contributed by atoms with Gasteiger partial charge in [0.25, 0.3) is 0 Å². The highest BCUT2D eigenvalue weighted by Crippen LogP contribution is 2.33. The topological polar surface area (TPSA) is 20.3 Å². The minimum absolute atomic E-state index is 0.409. The molecule has 0 amide bonds. The smallest absolute Gasteiger partial charge is 0.150 e. The maximum Gasteiger partial charge on any atom is 0.150 e. The maximum absolute atomic E-state index is 11.9. The molecule has 0 spiro atoms. The Hall–Kier alpha value is -0.370. The highest BCUT2D eigenvalue weighted by molar-refractivity contribution is 5.83. The van der Waals surface area contributed by atoms with Gasteiger partial charge in [0, 0.05) is 5.92 Å². The summed E-state index contributed by atoms with van der Waals surface area (Å²) in [7, 11) is 2.05. The first-order valence-electron chi connectivity index (χ1n) is 5.98. The van der Waals surface area contributed by atoms with Crippen LogP contribution in [-0.2, 0) is 4.79 Å². The number of ketones is 1. The lowest BCUT2D eigenvalue weighted by Gasteiger charge is -2.34. The van der Waals surface area contributed by atoms with Crippen LogP contribution in [0.3, 0.4) is 0 Å². The second-order valence-electron chi connectivity index (χ2n) is 5.00. The minimum atomic E-state index is 0.409. The number of carbonyl (C=O) groups excluding carboxylic acids is 1. The number of likely N-dealkylation sites (N-methyl/N-ethyl adjacent to an activating group) is 1. The molecule has 2 rings (SSSR count). The van der Waals surface area contributed by atoms with Gasteiger partial charge in [0.2, 0.25) is 0 Å². The van der Waals surface area contributed by atoms with Crippen LogP contribution in [0.15, 0.2) is 0 Å². The molecule has 0 N–H and O–H groups in total. The fraction of sp³-hybridized carbons (Fsp3) is 0.917. The lowest BCUT2D eigenvalue weighted by molar-refractivity contribution is -0.128. The number of hydrogen-bond acceptors (Lipinski definition) is 2. The number of likely N-dealkylation sites (tertiary alicyclic amines) is 1. The highest BCUT2D eigenvalue weighted by atomic mass is 16.1. The third-order valence-electron chi connectivity index (χ3n) is 3.88. The molecule has 1 saturated carbocycles. The van der Waals surface area contributed by atoms with Crippen LogP contribution in [0.1, 0.15) is 38.5 Å². The van der Waals surface area contributed by atoms with E-state index in [4.69, 9.17) is 0 Å².